The summed E-state index contributed by atoms with van der Waals surface area (Å²) < 4.78 is 5.35. The molecule has 32 heavy (non-hydrogen) atoms. The van der Waals surface area contributed by atoms with Crippen molar-refractivity contribution in [1.29, 1.82) is 0 Å². The van der Waals surface area contributed by atoms with E-state index in [4.69, 9.17) is 10.5 Å². The minimum Gasteiger partial charge on any atom is -0.444 e. The summed E-state index contributed by atoms with van der Waals surface area (Å²) in [5.74, 6) is 0.549. The van der Waals surface area contributed by atoms with Crippen molar-refractivity contribution >= 4 is 40.9 Å². The van der Waals surface area contributed by atoms with Crippen LogP contribution in [0.15, 0.2) is 22.0 Å². The predicted octanol–water partition coefficient (Wildman–Crippen LogP) is 4.46. The molecule has 8 heteroatoms. The van der Waals surface area contributed by atoms with Crippen molar-refractivity contribution in [2.24, 2.45) is 21.6 Å². The van der Waals surface area contributed by atoms with Crippen LogP contribution in [0.3, 0.4) is 0 Å². The molecule has 1 aromatic rings. The average molecular weight is 459 g/mol. The number of alkyl carbamates (subject to hydrolysis) is 1. The first-order valence-electron chi connectivity index (χ1n) is 11.4. The number of thiophene rings is 1. The Bertz CT molecular complexity index is 952. The molecule has 7 nitrogen and oxygen atoms in total. The minimum absolute atomic E-state index is 0.0666. The molecule has 3 saturated carbocycles. The molecule has 2 bridgehead atoms. The lowest BCUT2D eigenvalue weighted by atomic mass is 9.35. The van der Waals surface area contributed by atoms with Crippen molar-refractivity contribution in [3.63, 3.8) is 0 Å². The second-order valence-electron chi connectivity index (χ2n) is 10.7. The highest BCUT2D eigenvalue weighted by atomic mass is 32.1. The summed E-state index contributed by atoms with van der Waals surface area (Å²) in [5.41, 5.74) is 7.51. The van der Waals surface area contributed by atoms with Gasteiger partial charge in [0.05, 0.1) is 10.6 Å². The van der Waals surface area contributed by atoms with E-state index < -0.39 is 5.60 Å². The fourth-order valence-electron chi connectivity index (χ4n) is 5.54. The highest BCUT2D eigenvalue weighted by Crippen LogP contribution is 2.73. The maximum absolute atomic E-state index is 13.5. The largest absolute Gasteiger partial charge is 0.444 e. The summed E-state index contributed by atoms with van der Waals surface area (Å²) in [6.45, 7) is 9.84. The van der Waals surface area contributed by atoms with Gasteiger partial charge in [0.15, 0.2) is 0 Å². The van der Waals surface area contributed by atoms with Crippen LogP contribution in [0, 0.1) is 10.8 Å². The molecule has 0 spiro atoms. The van der Waals surface area contributed by atoms with Crippen LogP contribution in [0.2, 0.25) is 0 Å². The third kappa shape index (κ3) is 4.70. The molecule has 3 aliphatic carbocycles. The van der Waals surface area contributed by atoms with E-state index in [2.05, 4.69) is 17.2 Å². The Morgan fingerprint density at radius 2 is 2.00 bits per heavy atom. The molecule has 174 valence electrons. The van der Waals surface area contributed by atoms with Crippen LogP contribution in [-0.4, -0.2) is 48.0 Å². The number of amidine groups is 1. The summed E-state index contributed by atoms with van der Waals surface area (Å²) in [7, 11) is 0. The molecular formula is C24H34N4O3S. The molecule has 3 N–H and O–H groups in total. The van der Waals surface area contributed by atoms with Crippen LogP contribution < -0.4 is 11.1 Å². The monoisotopic (exact) mass is 458 g/mol. The van der Waals surface area contributed by atoms with Crippen molar-refractivity contribution in [3.8, 4) is 0 Å². The molecule has 1 aliphatic heterocycles. The Hall–Kier alpha value is -2.35. The zero-order valence-electron chi connectivity index (χ0n) is 19.5. The summed E-state index contributed by atoms with van der Waals surface area (Å²) in [6.07, 6.45) is 6.03. The second-order valence-corrected chi connectivity index (χ2v) is 11.7. The van der Waals surface area contributed by atoms with Crippen molar-refractivity contribution in [1.82, 2.24) is 10.2 Å². The maximum Gasteiger partial charge on any atom is 0.407 e. The maximum atomic E-state index is 13.5. The predicted molar refractivity (Wildman–Crippen MR) is 128 cm³/mol. The van der Waals surface area contributed by atoms with Crippen LogP contribution in [0.4, 0.5) is 10.5 Å². The van der Waals surface area contributed by atoms with Crippen molar-refractivity contribution < 1.29 is 14.3 Å². The molecule has 5 rings (SSSR count). The van der Waals surface area contributed by atoms with Gasteiger partial charge in [-0.15, -0.1) is 11.3 Å². The van der Waals surface area contributed by atoms with Crippen LogP contribution in [0.5, 0.6) is 0 Å². The molecule has 1 aromatic heterocycles. The fourth-order valence-corrected chi connectivity index (χ4v) is 6.33. The zero-order chi connectivity index (χ0) is 23.1. The Morgan fingerprint density at radius 3 is 2.66 bits per heavy atom. The fraction of sp³-hybridized carbons (Fsp3) is 0.625. The third-order valence-electron chi connectivity index (χ3n) is 6.45. The smallest absolute Gasteiger partial charge is 0.407 e. The number of amides is 2. The van der Waals surface area contributed by atoms with Gasteiger partial charge in [-0.3, -0.25) is 4.79 Å². The first-order chi connectivity index (χ1) is 15.0. The van der Waals surface area contributed by atoms with Crippen LogP contribution in [-0.2, 0) is 9.53 Å². The molecule has 2 amide bonds. The minimum atomic E-state index is -0.490. The van der Waals surface area contributed by atoms with Crippen LogP contribution in [0.25, 0.3) is 6.08 Å². The highest BCUT2D eigenvalue weighted by Gasteiger charge is 2.67. The normalized spacial score (nSPS) is 25.9. The third-order valence-corrected chi connectivity index (χ3v) is 7.31. The van der Waals surface area contributed by atoms with Gasteiger partial charge in [-0.05, 0) is 74.8 Å². The van der Waals surface area contributed by atoms with E-state index in [1.807, 2.05) is 43.2 Å². The van der Waals surface area contributed by atoms with Crippen molar-refractivity contribution in [2.75, 3.05) is 19.6 Å². The van der Waals surface area contributed by atoms with E-state index in [9.17, 15) is 9.59 Å². The number of hydrogen-bond donors (Lipinski definition) is 2. The van der Waals surface area contributed by atoms with Gasteiger partial charge in [-0.2, -0.15) is 0 Å². The first-order valence-corrected chi connectivity index (χ1v) is 12.3. The Balaban J connectivity index is 1.35. The molecule has 0 saturated heterocycles. The van der Waals surface area contributed by atoms with E-state index >= 15 is 0 Å². The van der Waals surface area contributed by atoms with Gasteiger partial charge in [0.25, 0.3) is 0 Å². The number of hydrogen-bond acceptors (Lipinski definition) is 6. The summed E-state index contributed by atoms with van der Waals surface area (Å²) in [6, 6.07) is 1.94. The number of fused-ring (bicyclic) bond motifs is 1. The molecular weight excluding hydrogens is 424 g/mol. The molecule has 0 unspecified atom stereocenters. The van der Waals surface area contributed by atoms with Gasteiger partial charge < -0.3 is 20.7 Å². The molecule has 0 atom stereocenters. The number of carbonyl (C=O) groups is 2. The average Bonchev–Trinajstić information content (AvgIpc) is 2.98. The standard InChI is InChI=1S/C24H34N4O3S/c1-5-7-28(20(29)16-9-18-17(6-8-32-18)27-19(25)10-16)15-24-11-23(12-24,13-24)14-26-21(30)31-22(2,3)4/h6,8-9H,5,7,10-15H2,1-4H3,(H2,25,27)(H,26,30). The molecule has 4 aliphatic rings. The van der Waals surface area contributed by atoms with Gasteiger partial charge in [0.2, 0.25) is 5.91 Å². The van der Waals surface area contributed by atoms with E-state index in [1.54, 1.807) is 11.3 Å². The Morgan fingerprint density at radius 1 is 1.28 bits per heavy atom. The summed E-state index contributed by atoms with van der Waals surface area (Å²) >= 11 is 1.58. The zero-order valence-corrected chi connectivity index (χ0v) is 20.3. The number of aliphatic imine (C=N–C) groups is 1. The number of nitrogens with zero attached hydrogens (tertiary/aromatic N) is 2. The van der Waals surface area contributed by atoms with E-state index in [1.165, 1.54) is 0 Å². The SMILES string of the molecule is CCCN(CC12CC(CNC(=O)OC(C)(C)C)(C1)C2)C(=O)C1=Cc2sccc2N=C(N)C1. The van der Waals surface area contributed by atoms with E-state index in [0.29, 0.717) is 24.4 Å². The lowest BCUT2D eigenvalue weighted by Crippen LogP contribution is -2.69. The highest BCUT2D eigenvalue weighted by molar-refractivity contribution is 7.11. The summed E-state index contributed by atoms with van der Waals surface area (Å²) in [5, 5.41) is 4.91. The number of nitrogens with two attached hydrogens (primary N) is 1. The second kappa shape index (κ2) is 8.21. The van der Waals surface area contributed by atoms with Gasteiger partial charge >= 0.3 is 6.09 Å². The first kappa shape index (κ1) is 22.8. The topological polar surface area (TPSA) is 97.0 Å². The molecule has 0 radical (unpaired) electrons. The summed E-state index contributed by atoms with van der Waals surface area (Å²) in [4.78, 5) is 32.9. The van der Waals surface area contributed by atoms with Gasteiger partial charge in [0, 0.05) is 31.6 Å². The number of ether oxygens (including phenoxy) is 1. The number of nitrogens with one attached hydrogen (secondary N) is 1. The van der Waals surface area contributed by atoms with Gasteiger partial charge in [-0.1, -0.05) is 6.92 Å². The van der Waals surface area contributed by atoms with Crippen LogP contribution >= 0.6 is 11.3 Å². The van der Waals surface area contributed by atoms with Gasteiger partial charge in [-0.25, -0.2) is 9.79 Å². The van der Waals surface area contributed by atoms with Crippen molar-refractivity contribution in [3.05, 3.63) is 21.9 Å². The lowest BCUT2D eigenvalue weighted by molar-refractivity contribution is -0.209. The number of carbonyl (C=O) groups excluding carboxylic acids is 2. The Kier molecular flexibility index (Phi) is 5.86. The van der Waals surface area contributed by atoms with Gasteiger partial charge in [0.1, 0.15) is 11.4 Å². The molecule has 0 aromatic carbocycles. The van der Waals surface area contributed by atoms with E-state index in [-0.39, 0.29) is 22.8 Å². The van der Waals surface area contributed by atoms with Crippen LogP contribution in [0.1, 0.15) is 64.7 Å². The van der Waals surface area contributed by atoms with E-state index in [0.717, 1.165) is 49.3 Å². The Labute approximate surface area is 194 Å². The number of rotatable bonds is 7. The molecule has 3 fully saturated rings. The lowest BCUT2D eigenvalue weighted by Gasteiger charge is -2.71. The van der Waals surface area contributed by atoms with Crippen molar-refractivity contribution in [2.45, 2.75) is 65.4 Å². The quantitative estimate of drug-likeness (QED) is 0.630. The molecule has 2 heterocycles.